The maximum atomic E-state index is 11.4. The molecule has 4 nitrogen and oxygen atoms in total. The molecule has 1 aromatic heterocycles. The van der Waals surface area contributed by atoms with Crippen molar-refractivity contribution < 1.29 is 4.79 Å². The Morgan fingerprint density at radius 1 is 1.22 bits per heavy atom. The first-order chi connectivity index (χ1) is 8.60. The molecule has 0 fully saturated rings. The Morgan fingerprint density at radius 3 is 2.50 bits per heavy atom. The summed E-state index contributed by atoms with van der Waals surface area (Å²) in [6, 6.07) is 8.49. The monoisotopic (exact) mass is 297 g/mol. The van der Waals surface area contributed by atoms with Gasteiger partial charge in [-0.15, -0.1) is 11.3 Å². The van der Waals surface area contributed by atoms with E-state index in [-0.39, 0.29) is 0 Å². The van der Waals surface area contributed by atoms with E-state index in [0.29, 0.717) is 14.9 Å². The fourth-order valence-electron chi connectivity index (χ4n) is 1.39. The highest BCUT2D eigenvalue weighted by atomic mass is 35.5. The smallest absolute Gasteiger partial charge is 0.259 e. The number of nitrogens with zero attached hydrogens (tertiary/aromatic N) is 3. The van der Waals surface area contributed by atoms with Gasteiger partial charge < -0.3 is 0 Å². The summed E-state index contributed by atoms with van der Waals surface area (Å²) < 4.78 is 0. The summed E-state index contributed by atoms with van der Waals surface area (Å²) in [4.78, 5) is 15.0. The Hall–Kier alpha value is -1.52. The summed E-state index contributed by atoms with van der Waals surface area (Å²) in [6.45, 7) is 0. The summed E-state index contributed by atoms with van der Waals surface area (Å²) in [5, 5.41) is 4.08. The zero-order valence-corrected chi connectivity index (χ0v) is 11.1. The Balaban J connectivity index is 2.40. The van der Waals surface area contributed by atoms with Crippen molar-refractivity contribution in [2.75, 3.05) is 0 Å². The third kappa shape index (κ3) is 2.83. The second-order valence-electron chi connectivity index (χ2n) is 3.32. The number of benzene rings is 1. The van der Waals surface area contributed by atoms with Crippen molar-refractivity contribution in [1.29, 1.82) is 0 Å². The molecule has 90 valence electrons. The summed E-state index contributed by atoms with van der Waals surface area (Å²) >= 11 is 13.0. The van der Waals surface area contributed by atoms with Gasteiger partial charge in [-0.3, -0.25) is 4.79 Å². The van der Waals surface area contributed by atoms with Crippen LogP contribution in [0, 0.1) is 0 Å². The molecule has 2 aromatic rings. The molecule has 1 aromatic carbocycles. The molecule has 1 amide bonds. The molecule has 0 saturated heterocycles. The molecule has 7 heteroatoms. The minimum atomic E-state index is -0.595. The third-order valence-electron chi connectivity index (χ3n) is 2.10. The first kappa shape index (κ1) is 12.9. The second kappa shape index (κ2) is 5.42. The van der Waals surface area contributed by atoms with E-state index in [1.807, 2.05) is 0 Å². The van der Waals surface area contributed by atoms with Crippen LogP contribution in [0.3, 0.4) is 0 Å². The second-order valence-corrected chi connectivity index (χ2v) is 5.27. The number of hydrogen-bond acceptors (Lipinski definition) is 2. The molecule has 0 saturated carbocycles. The van der Waals surface area contributed by atoms with Crippen LogP contribution in [0.2, 0.25) is 10.0 Å². The first-order valence-corrected chi connectivity index (χ1v) is 6.33. The SMILES string of the molecule is [N-]=[N+]=NC(=O)c1ccc(-c2cc(Cl)cc(Cl)c2)s1. The number of amides is 1. The van der Waals surface area contributed by atoms with Gasteiger partial charge in [0.25, 0.3) is 5.91 Å². The molecule has 0 unspecified atom stereocenters. The number of halogens is 2. The van der Waals surface area contributed by atoms with Gasteiger partial charge in [0.15, 0.2) is 0 Å². The molecule has 0 aliphatic rings. The molecule has 0 spiro atoms. The Bertz CT molecular complexity index is 642. The van der Waals surface area contributed by atoms with E-state index in [1.165, 1.54) is 11.3 Å². The number of thiophene rings is 1. The molecule has 2 rings (SSSR count). The molecule has 18 heavy (non-hydrogen) atoms. The lowest BCUT2D eigenvalue weighted by Crippen LogP contribution is -1.86. The molecule has 0 atom stereocenters. The number of azide groups is 1. The Labute approximate surface area is 116 Å². The van der Waals surface area contributed by atoms with Crippen molar-refractivity contribution in [2.45, 2.75) is 0 Å². The van der Waals surface area contributed by atoms with Gasteiger partial charge in [0.05, 0.1) is 4.88 Å². The minimum absolute atomic E-state index is 0.374. The lowest BCUT2D eigenvalue weighted by atomic mass is 10.2. The average Bonchev–Trinajstić information content (AvgIpc) is 2.77. The molecule has 0 bridgehead atoms. The van der Waals surface area contributed by atoms with E-state index >= 15 is 0 Å². The van der Waals surface area contributed by atoms with Crippen LogP contribution >= 0.6 is 34.5 Å². The fourth-order valence-corrected chi connectivity index (χ4v) is 2.79. The predicted octanol–water partition coefficient (Wildman–Crippen LogP) is 5.17. The van der Waals surface area contributed by atoms with Crippen molar-refractivity contribution in [3.05, 3.63) is 55.7 Å². The van der Waals surface area contributed by atoms with Crippen LogP contribution in [-0.4, -0.2) is 5.91 Å². The predicted molar refractivity (Wildman–Crippen MR) is 73.3 cm³/mol. The highest BCUT2D eigenvalue weighted by Crippen LogP contribution is 2.32. The van der Waals surface area contributed by atoms with Gasteiger partial charge in [-0.05, 0) is 46.5 Å². The van der Waals surface area contributed by atoms with Crippen molar-refractivity contribution in [3.63, 3.8) is 0 Å². The molecular formula is C11H5Cl2N3OS. The minimum Gasteiger partial charge on any atom is -0.286 e. The zero-order chi connectivity index (χ0) is 13.1. The third-order valence-corrected chi connectivity index (χ3v) is 3.66. The van der Waals surface area contributed by atoms with Gasteiger partial charge in [-0.1, -0.05) is 23.2 Å². The summed E-state index contributed by atoms with van der Waals surface area (Å²) in [5.74, 6) is -0.595. The van der Waals surface area contributed by atoms with Crippen LogP contribution in [0.1, 0.15) is 9.67 Å². The van der Waals surface area contributed by atoms with E-state index in [0.717, 1.165) is 10.4 Å². The number of carbonyl (C=O) groups is 1. The number of hydrogen-bond donors (Lipinski definition) is 0. The summed E-state index contributed by atoms with van der Waals surface area (Å²) in [7, 11) is 0. The average molecular weight is 298 g/mol. The quantitative estimate of drug-likeness (QED) is 0.428. The highest BCUT2D eigenvalue weighted by molar-refractivity contribution is 7.17. The van der Waals surface area contributed by atoms with Crippen molar-refractivity contribution >= 4 is 40.4 Å². The molecule has 0 N–H and O–H groups in total. The van der Waals surface area contributed by atoms with Crippen LogP contribution in [0.5, 0.6) is 0 Å². The van der Waals surface area contributed by atoms with Gasteiger partial charge >= 0.3 is 0 Å². The van der Waals surface area contributed by atoms with Crippen molar-refractivity contribution in [3.8, 4) is 10.4 Å². The van der Waals surface area contributed by atoms with Gasteiger partial charge in [0.2, 0.25) is 0 Å². The van der Waals surface area contributed by atoms with Crippen LogP contribution in [0.25, 0.3) is 20.9 Å². The standard InChI is InChI=1S/C11H5Cl2N3OS/c12-7-3-6(4-8(13)5-7)9-1-2-10(18-9)11(17)15-16-14/h1-5H. The van der Waals surface area contributed by atoms with Gasteiger partial charge in [-0.2, -0.15) is 0 Å². The number of rotatable bonds is 2. The molecular weight excluding hydrogens is 293 g/mol. The molecule has 1 heterocycles. The van der Waals surface area contributed by atoms with E-state index in [2.05, 4.69) is 10.0 Å². The topological polar surface area (TPSA) is 65.8 Å². The van der Waals surface area contributed by atoms with Gasteiger partial charge in [-0.25, -0.2) is 0 Å². The molecule has 0 radical (unpaired) electrons. The van der Waals surface area contributed by atoms with E-state index < -0.39 is 5.91 Å². The van der Waals surface area contributed by atoms with Crippen molar-refractivity contribution in [1.82, 2.24) is 0 Å². The highest BCUT2D eigenvalue weighted by Gasteiger charge is 2.09. The summed E-state index contributed by atoms with van der Waals surface area (Å²) in [6.07, 6.45) is 0. The fraction of sp³-hybridized carbons (Fsp3) is 0. The lowest BCUT2D eigenvalue weighted by molar-refractivity contribution is 0.100. The van der Waals surface area contributed by atoms with Crippen molar-refractivity contribution in [2.24, 2.45) is 5.11 Å². The van der Waals surface area contributed by atoms with E-state index in [4.69, 9.17) is 28.7 Å². The van der Waals surface area contributed by atoms with Gasteiger partial charge in [0, 0.05) is 19.8 Å². The maximum Gasteiger partial charge on any atom is 0.259 e. The maximum absolute atomic E-state index is 11.4. The van der Waals surface area contributed by atoms with E-state index in [9.17, 15) is 4.79 Å². The van der Waals surface area contributed by atoms with Gasteiger partial charge in [0.1, 0.15) is 0 Å². The Kier molecular flexibility index (Phi) is 3.89. The Morgan fingerprint density at radius 2 is 1.89 bits per heavy atom. The first-order valence-electron chi connectivity index (χ1n) is 4.76. The normalized spacial score (nSPS) is 9.89. The largest absolute Gasteiger partial charge is 0.286 e. The zero-order valence-electron chi connectivity index (χ0n) is 8.80. The summed E-state index contributed by atoms with van der Waals surface area (Å²) in [5.41, 5.74) is 9.02. The van der Waals surface area contributed by atoms with Crippen LogP contribution in [0.15, 0.2) is 35.4 Å². The molecule has 0 aliphatic heterocycles. The number of carbonyl (C=O) groups excluding carboxylic acids is 1. The van der Waals surface area contributed by atoms with Crippen LogP contribution in [-0.2, 0) is 0 Å². The molecule has 0 aliphatic carbocycles. The van der Waals surface area contributed by atoms with E-state index in [1.54, 1.807) is 30.3 Å². The van der Waals surface area contributed by atoms with Crippen LogP contribution < -0.4 is 0 Å². The van der Waals surface area contributed by atoms with Crippen LogP contribution in [0.4, 0.5) is 0 Å². The lowest BCUT2D eigenvalue weighted by Gasteiger charge is -1.99.